The summed E-state index contributed by atoms with van der Waals surface area (Å²) in [5.74, 6) is 0.210. The molecule has 2 aromatic carbocycles. The van der Waals surface area contributed by atoms with Crippen LogP contribution < -0.4 is 15.4 Å². The zero-order valence-electron chi connectivity index (χ0n) is 13.1. The topological polar surface area (TPSA) is 74.2 Å². The van der Waals surface area contributed by atoms with E-state index in [4.69, 9.17) is 22.2 Å². The first-order valence-corrected chi connectivity index (χ1v) is 9.08. The minimum absolute atomic E-state index is 0.135. The van der Waals surface area contributed by atoms with Crippen LogP contribution in [0.15, 0.2) is 45.3 Å². The number of halogens is 2. The highest BCUT2D eigenvalue weighted by Crippen LogP contribution is 2.32. The van der Waals surface area contributed by atoms with E-state index in [9.17, 15) is 4.79 Å². The Morgan fingerprint density at radius 1 is 1.32 bits per heavy atom. The number of anilines is 1. The number of nitrogens with zero attached hydrogens (tertiary/aromatic N) is 1. The van der Waals surface area contributed by atoms with Crippen LogP contribution >= 0.6 is 44.1 Å². The first-order chi connectivity index (χ1) is 11.9. The Kier molecular flexibility index (Phi) is 6.93. The van der Waals surface area contributed by atoms with Crippen LogP contribution in [-0.4, -0.2) is 17.6 Å². The molecule has 2 rings (SSSR count). The molecule has 0 aliphatic carbocycles. The molecule has 1 amide bonds. The number of carbonyl (C=O) groups is 1. The summed E-state index contributed by atoms with van der Waals surface area (Å²) in [6, 6.07) is 12.6. The predicted octanol–water partition coefficient (Wildman–Crippen LogP) is 4.28. The average molecular weight is 483 g/mol. The van der Waals surface area contributed by atoms with Gasteiger partial charge in [0.1, 0.15) is 5.75 Å². The van der Waals surface area contributed by atoms with Gasteiger partial charge < -0.3 is 10.1 Å². The summed E-state index contributed by atoms with van der Waals surface area (Å²) < 4.78 is 7.23. The Balaban J connectivity index is 1.90. The second kappa shape index (κ2) is 8.94. The number of rotatable bonds is 4. The number of benzene rings is 2. The summed E-state index contributed by atoms with van der Waals surface area (Å²) >= 11 is 11.9. The second-order valence-corrected chi connectivity index (χ2v) is 7.20. The molecular formula is C17H13Br2N3O2S. The summed E-state index contributed by atoms with van der Waals surface area (Å²) in [7, 11) is 0. The van der Waals surface area contributed by atoms with Gasteiger partial charge in [0.15, 0.2) is 11.7 Å². The van der Waals surface area contributed by atoms with Crippen LogP contribution in [0.2, 0.25) is 0 Å². The van der Waals surface area contributed by atoms with Crippen molar-refractivity contribution in [2.24, 2.45) is 0 Å². The van der Waals surface area contributed by atoms with Crippen molar-refractivity contribution in [1.82, 2.24) is 5.32 Å². The van der Waals surface area contributed by atoms with Gasteiger partial charge in [-0.15, -0.1) is 0 Å². The van der Waals surface area contributed by atoms with Crippen molar-refractivity contribution in [3.05, 3.63) is 56.5 Å². The lowest BCUT2D eigenvalue weighted by atomic mass is 10.2. The smallest absolute Gasteiger partial charge is 0.264 e. The number of nitrogens with one attached hydrogen (secondary N) is 2. The first kappa shape index (κ1) is 19.4. The van der Waals surface area contributed by atoms with Gasteiger partial charge in [0.25, 0.3) is 5.91 Å². The third kappa shape index (κ3) is 5.81. The molecule has 0 atom stereocenters. The van der Waals surface area contributed by atoms with E-state index in [1.807, 2.05) is 25.1 Å². The molecule has 5 nitrogen and oxygen atoms in total. The maximum atomic E-state index is 12.0. The standard InChI is InChI=1S/C17H13Br2N3O2S/c1-10-5-12(18)7-14(19)16(10)24-9-15(23)22-17(25)21-13-4-2-3-11(6-13)8-20/h2-7H,9H2,1H3,(H2,21,22,23,25). The van der Waals surface area contributed by atoms with Gasteiger partial charge in [-0.25, -0.2) is 0 Å². The number of carbonyl (C=O) groups excluding carboxylic acids is 1. The third-order valence-electron chi connectivity index (χ3n) is 3.04. The summed E-state index contributed by atoms with van der Waals surface area (Å²) in [6.45, 7) is 1.71. The maximum absolute atomic E-state index is 12.0. The fourth-order valence-electron chi connectivity index (χ4n) is 2.00. The van der Waals surface area contributed by atoms with Crippen LogP contribution in [0.5, 0.6) is 5.75 Å². The highest BCUT2D eigenvalue weighted by atomic mass is 79.9. The minimum atomic E-state index is -0.386. The van der Waals surface area contributed by atoms with Gasteiger partial charge in [0.2, 0.25) is 0 Å². The third-order valence-corrected chi connectivity index (χ3v) is 4.30. The van der Waals surface area contributed by atoms with E-state index < -0.39 is 0 Å². The number of amides is 1. The molecule has 0 aliphatic rings. The number of thiocarbonyl (C=S) groups is 1. The van der Waals surface area contributed by atoms with Gasteiger partial charge in [-0.2, -0.15) is 5.26 Å². The summed E-state index contributed by atoms with van der Waals surface area (Å²) in [4.78, 5) is 12.0. The zero-order chi connectivity index (χ0) is 18.4. The molecule has 0 aromatic heterocycles. The van der Waals surface area contributed by atoms with Gasteiger partial charge in [-0.1, -0.05) is 22.0 Å². The summed E-state index contributed by atoms with van der Waals surface area (Å²) in [5, 5.41) is 14.4. The molecule has 128 valence electrons. The lowest BCUT2D eigenvalue weighted by Crippen LogP contribution is -2.37. The molecule has 0 bridgehead atoms. The van der Waals surface area contributed by atoms with Crippen LogP contribution in [0.3, 0.4) is 0 Å². The van der Waals surface area contributed by atoms with Gasteiger partial charge in [-0.05, 0) is 71.0 Å². The quantitative estimate of drug-likeness (QED) is 0.636. The monoisotopic (exact) mass is 481 g/mol. The van der Waals surface area contributed by atoms with E-state index in [1.54, 1.807) is 24.3 Å². The van der Waals surface area contributed by atoms with E-state index in [-0.39, 0.29) is 17.6 Å². The van der Waals surface area contributed by atoms with Crippen molar-refractivity contribution in [2.75, 3.05) is 11.9 Å². The van der Waals surface area contributed by atoms with Gasteiger partial charge in [0, 0.05) is 10.2 Å². The molecule has 0 saturated carbocycles. The second-order valence-electron chi connectivity index (χ2n) is 5.02. The van der Waals surface area contributed by atoms with E-state index in [0.29, 0.717) is 17.0 Å². The van der Waals surface area contributed by atoms with Crippen molar-refractivity contribution in [3.8, 4) is 11.8 Å². The van der Waals surface area contributed by atoms with Crippen molar-refractivity contribution >= 4 is 60.8 Å². The Labute approximate surface area is 167 Å². The predicted molar refractivity (Wildman–Crippen MR) is 108 cm³/mol. The normalized spacial score (nSPS) is 9.84. The largest absolute Gasteiger partial charge is 0.482 e. The number of hydrogen-bond acceptors (Lipinski definition) is 4. The molecule has 0 spiro atoms. The number of nitriles is 1. The van der Waals surface area contributed by atoms with Gasteiger partial charge in [-0.3, -0.25) is 10.1 Å². The lowest BCUT2D eigenvalue weighted by molar-refractivity contribution is -0.121. The van der Waals surface area contributed by atoms with Crippen molar-refractivity contribution < 1.29 is 9.53 Å². The Morgan fingerprint density at radius 2 is 2.08 bits per heavy atom. The van der Waals surface area contributed by atoms with E-state index >= 15 is 0 Å². The number of ether oxygens (including phenoxy) is 1. The highest BCUT2D eigenvalue weighted by Gasteiger charge is 2.11. The molecule has 25 heavy (non-hydrogen) atoms. The van der Waals surface area contributed by atoms with Crippen molar-refractivity contribution in [3.63, 3.8) is 0 Å². The molecule has 8 heteroatoms. The minimum Gasteiger partial charge on any atom is -0.482 e. The van der Waals surface area contributed by atoms with Crippen LogP contribution in [-0.2, 0) is 4.79 Å². The Bertz CT molecular complexity index is 842. The average Bonchev–Trinajstić information content (AvgIpc) is 2.53. The molecule has 0 radical (unpaired) electrons. The number of hydrogen-bond donors (Lipinski definition) is 2. The number of aryl methyl sites for hydroxylation is 1. The fourth-order valence-corrected chi connectivity index (χ4v) is 3.79. The molecule has 0 aliphatic heterocycles. The lowest BCUT2D eigenvalue weighted by Gasteiger charge is -2.13. The molecular weight excluding hydrogens is 470 g/mol. The maximum Gasteiger partial charge on any atom is 0.264 e. The molecule has 0 fully saturated rings. The van der Waals surface area contributed by atoms with Gasteiger partial charge >= 0.3 is 0 Å². The van der Waals surface area contributed by atoms with E-state index in [2.05, 4.69) is 42.5 Å². The highest BCUT2D eigenvalue weighted by molar-refractivity contribution is 9.11. The fraction of sp³-hybridized carbons (Fsp3) is 0.118. The van der Waals surface area contributed by atoms with Crippen molar-refractivity contribution in [1.29, 1.82) is 5.26 Å². The molecule has 0 heterocycles. The summed E-state index contributed by atoms with van der Waals surface area (Å²) in [5.41, 5.74) is 2.01. The van der Waals surface area contributed by atoms with Crippen molar-refractivity contribution in [2.45, 2.75) is 6.92 Å². The van der Waals surface area contributed by atoms with Gasteiger partial charge in [0.05, 0.1) is 16.1 Å². The SMILES string of the molecule is Cc1cc(Br)cc(Br)c1OCC(=O)NC(=S)Nc1cccc(C#N)c1. The Morgan fingerprint density at radius 3 is 2.76 bits per heavy atom. The molecule has 0 saturated heterocycles. The zero-order valence-corrected chi connectivity index (χ0v) is 17.1. The van der Waals surface area contributed by atoms with Crippen LogP contribution in [0, 0.1) is 18.3 Å². The first-order valence-electron chi connectivity index (χ1n) is 7.08. The Hall–Kier alpha value is -1.95. The summed E-state index contributed by atoms with van der Waals surface area (Å²) in [6.07, 6.45) is 0. The molecule has 2 N–H and O–H groups in total. The van der Waals surface area contributed by atoms with Crippen LogP contribution in [0.25, 0.3) is 0 Å². The van der Waals surface area contributed by atoms with E-state index in [1.165, 1.54) is 0 Å². The molecule has 2 aromatic rings. The van der Waals surface area contributed by atoms with Crippen LogP contribution in [0.4, 0.5) is 5.69 Å². The molecule has 0 unspecified atom stereocenters. The van der Waals surface area contributed by atoms with E-state index in [0.717, 1.165) is 14.5 Å². The van der Waals surface area contributed by atoms with Crippen LogP contribution in [0.1, 0.15) is 11.1 Å².